The molecule has 2 aromatic carbocycles. The first kappa shape index (κ1) is 14.4. The fourth-order valence-electron chi connectivity index (χ4n) is 1.67. The first-order chi connectivity index (χ1) is 9.99. The topological polar surface area (TPSA) is 87.7 Å². The van der Waals surface area contributed by atoms with Crippen molar-refractivity contribution in [1.82, 2.24) is 0 Å². The van der Waals surface area contributed by atoms with Crippen LogP contribution in [0.3, 0.4) is 0 Å². The highest BCUT2D eigenvalue weighted by molar-refractivity contribution is 6.04. The summed E-state index contributed by atoms with van der Waals surface area (Å²) in [6, 6.07) is 8.63. The summed E-state index contributed by atoms with van der Waals surface area (Å²) >= 11 is 0. The van der Waals surface area contributed by atoms with Gasteiger partial charge >= 0.3 is 0 Å². The molecule has 0 saturated carbocycles. The number of nitrogens with one attached hydrogen (secondary N) is 1. The van der Waals surface area contributed by atoms with E-state index in [0.29, 0.717) is 17.3 Å². The summed E-state index contributed by atoms with van der Waals surface area (Å²) in [5.41, 5.74) is 6.13. The number of halogens is 2. The van der Waals surface area contributed by atoms with E-state index in [9.17, 15) is 13.6 Å². The number of hydrogen-bond donors (Lipinski definition) is 3. The highest BCUT2D eigenvalue weighted by Gasteiger charge is 2.09. The van der Waals surface area contributed by atoms with Crippen LogP contribution >= 0.6 is 0 Å². The number of anilines is 1. The number of amidine groups is 1. The van der Waals surface area contributed by atoms with E-state index in [4.69, 9.17) is 10.9 Å². The van der Waals surface area contributed by atoms with Gasteiger partial charge in [-0.25, -0.2) is 8.78 Å². The van der Waals surface area contributed by atoms with E-state index in [1.165, 1.54) is 24.3 Å². The van der Waals surface area contributed by atoms with Crippen molar-refractivity contribution in [2.24, 2.45) is 10.9 Å². The molecule has 0 saturated heterocycles. The molecule has 0 aliphatic rings. The molecule has 0 heterocycles. The molecular formula is C14H11F2N3O2. The van der Waals surface area contributed by atoms with E-state index < -0.39 is 17.5 Å². The van der Waals surface area contributed by atoms with Gasteiger partial charge in [0, 0.05) is 22.9 Å². The summed E-state index contributed by atoms with van der Waals surface area (Å²) < 4.78 is 26.1. The first-order valence-corrected chi connectivity index (χ1v) is 5.85. The molecule has 7 heteroatoms. The van der Waals surface area contributed by atoms with Gasteiger partial charge in [-0.15, -0.1) is 0 Å². The number of carbonyl (C=O) groups excluding carboxylic acids is 1. The quantitative estimate of drug-likeness (QED) is 0.351. The van der Waals surface area contributed by atoms with Crippen LogP contribution in [0.4, 0.5) is 14.5 Å². The number of rotatable bonds is 3. The lowest BCUT2D eigenvalue weighted by atomic mass is 10.1. The average molecular weight is 291 g/mol. The first-order valence-electron chi connectivity index (χ1n) is 5.85. The highest BCUT2D eigenvalue weighted by Crippen LogP contribution is 2.13. The molecule has 0 aliphatic heterocycles. The van der Waals surface area contributed by atoms with Crippen LogP contribution in [0, 0.1) is 11.6 Å². The Morgan fingerprint density at radius 2 is 1.62 bits per heavy atom. The van der Waals surface area contributed by atoms with Gasteiger partial charge in [0.25, 0.3) is 5.91 Å². The van der Waals surface area contributed by atoms with Crippen LogP contribution in [0.1, 0.15) is 15.9 Å². The maximum absolute atomic E-state index is 13.0. The molecule has 0 radical (unpaired) electrons. The van der Waals surface area contributed by atoms with E-state index in [1.54, 1.807) is 0 Å². The van der Waals surface area contributed by atoms with Gasteiger partial charge in [-0.3, -0.25) is 4.79 Å². The van der Waals surface area contributed by atoms with E-state index in [0.717, 1.165) is 12.1 Å². The number of benzene rings is 2. The molecule has 1 amide bonds. The smallest absolute Gasteiger partial charge is 0.255 e. The third-order valence-electron chi connectivity index (χ3n) is 2.67. The SMILES string of the molecule is N/C(=N/O)c1ccc(NC(=O)c2cc(F)cc(F)c2)cc1. The van der Waals surface area contributed by atoms with Gasteiger partial charge in [0.1, 0.15) is 11.6 Å². The third-order valence-corrected chi connectivity index (χ3v) is 2.67. The largest absolute Gasteiger partial charge is 0.409 e. The molecule has 0 unspecified atom stereocenters. The molecule has 108 valence electrons. The minimum atomic E-state index is -0.831. The molecule has 0 bridgehead atoms. The van der Waals surface area contributed by atoms with Gasteiger partial charge in [0.15, 0.2) is 5.84 Å². The zero-order valence-corrected chi connectivity index (χ0v) is 10.7. The molecule has 0 aliphatic carbocycles. The Kier molecular flexibility index (Phi) is 4.13. The van der Waals surface area contributed by atoms with Gasteiger partial charge in [0.2, 0.25) is 0 Å². The minimum Gasteiger partial charge on any atom is -0.409 e. The van der Waals surface area contributed by atoms with Crippen LogP contribution in [0.25, 0.3) is 0 Å². The number of hydrogen-bond acceptors (Lipinski definition) is 3. The summed E-state index contributed by atoms with van der Waals surface area (Å²) in [4.78, 5) is 11.9. The predicted molar refractivity (Wildman–Crippen MR) is 73.3 cm³/mol. The van der Waals surface area contributed by atoms with Crippen molar-refractivity contribution in [3.05, 3.63) is 65.2 Å². The molecule has 5 nitrogen and oxygen atoms in total. The molecular weight excluding hydrogens is 280 g/mol. The van der Waals surface area contributed by atoms with Gasteiger partial charge < -0.3 is 16.3 Å². The monoisotopic (exact) mass is 291 g/mol. The second-order valence-corrected chi connectivity index (χ2v) is 4.17. The maximum atomic E-state index is 13.0. The average Bonchev–Trinajstić information content (AvgIpc) is 2.46. The Balaban J connectivity index is 2.16. The van der Waals surface area contributed by atoms with Crippen molar-refractivity contribution in [3.63, 3.8) is 0 Å². The van der Waals surface area contributed by atoms with E-state index in [2.05, 4.69) is 10.5 Å². The summed E-state index contributed by atoms with van der Waals surface area (Å²) in [5, 5.41) is 13.8. The Bertz CT molecular complexity index is 680. The van der Waals surface area contributed by atoms with Crippen molar-refractivity contribution < 1.29 is 18.8 Å². The van der Waals surface area contributed by atoms with Crippen molar-refractivity contribution in [2.75, 3.05) is 5.32 Å². The van der Waals surface area contributed by atoms with E-state index in [1.807, 2.05) is 0 Å². The molecule has 0 fully saturated rings. The molecule has 2 rings (SSSR count). The molecule has 0 spiro atoms. The van der Waals surface area contributed by atoms with Crippen LogP contribution in [0.15, 0.2) is 47.6 Å². The Labute approximate surface area is 118 Å². The zero-order chi connectivity index (χ0) is 15.4. The molecule has 0 atom stereocenters. The van der Waals surface area contributed by atoms with Crippen LogP contribution in [-0.4, -0.2) is 17.0 Å². The van der Waals surface area contributed by atoms with Crippen molar-refractivity contribution in [1.29, 1.82) is 0 Å². The summed E-state index contributed by atoms with van der Waals surface area (Å²) in [6.45, 7) is 0. The van der Waals surface area contributed by atoms with Crippen LogP contribution in [-0.2, 0) is 0 Å². The third kappa shape index (κ3) is 3.53. The van der Waals surface area contributed by atoms with E-state index >= 15 is 0 Å². The van der Waals surface area contributed by atoms with Crippen LogP contribution in [0.5, 0.6) is 0 Å². The summed E-state index contributed by atoms with van der Waals surface area (Å²) in [6.07, 6.45) is 0. The standard InChI is InChI=1S/C14H11F2N3O2/c15-10-5-9(6-11(16)7-10)14(20)18-12-3-1-8(2-4-12)13(17)19-21/h1-7,21H,(H2,17,19)(H,18,20). The second-order valence-electron chi connectivity index (χ2n) is 4.17. The van der Waals surface area contributed by atoms with Gasteiger partial charge in [-0.05, 0) is 36.4 Å². The van der Waals surface area contributed by atoms with E-state index in [-0.39, 0.29) is 11.4 Å². The Morgan fingerprint density at radius 3 is 2.14 bits per heavy atom. The lowest BCUT2D eigenvalue weighted by molar-refractivity contribution is 0.102. The van der Waals surface area contributed by atoms with Gasteiger partial charge in [-0.2, -0.15) is 0 Å². The summed E-state index contributed by atoms with van der Waals surface area (Å²) in [5.74, 6) is -2.38. The van der Waals surface area contributed by atoms with Crippen LogP contribution in [0.2, 0.25) is 0 Å². The van der Waals surface area contributed by atoms with Crippen LogP contribution < -0.4 is 11.1 Å². The predicted octanol–water partition coefficient (Wildman–Crippen LogP) is 2.31. The Morgan fingerprint density at radius 1 is 1.05 bits per heavy atom. The second kappa shape index (κ2) is 6.00. The number of nitrogens with two attached hydrogens (primary N) is 1. The molecule has 21 heavy (non-hydrogen) atoms. The lowest BCUT2D eigenvalue weighted by Crippen LogP contribution is -2.14. The number of carbonyl (C=O) groups is 1. The van der Waals surface area contributed by atoms with Gasteiger partial charge in [0.05, 0.1) is 0 Å². The number of oxime groups is 1. The molecule has 2 aromatic rings. The van der Waals surface area contributed by atoms with Gasteiger partial charge in [-0.1, -0.05) is 5.16 Å². The maximum Gasteiger partial charge on any atom is 0.255 e. The minimum absolute atomic E-state index is 0.0694. The fourth-order valence-corrected chi connectivity index (χ4v) is 1.67. The molecule has 4 N–H and O–H groups in total. The number of nitrogens with zero attached hydrogens (tertiary/aromatic N) is 1. The Hall–Kier alpha value is -2.96. The molecule has 0 aromatic heterocycles. The highest BCUT2D eigenvalue weighted by atomic mass is 19.1. The van der Waals surface area contributed by atoms with Crippen molar-refractivity contribution >= 4 is 17.4 Å². The van der Waals surface area contributed by atoms with Crippen molar-refractivity contribution in [3.8, 4) is 0 Å². The summed E-state index contributed by atoms with van der Waals surface area (Å²) in [7, 11) is 0. The zero-order valence-electron chi connectivity index (χ0n) is 10.7. The fraction of sp³-hybridized carbons (Fsp3) is 0. The number of amides is 1. The van der Waals surface area contributed by atoms with Crippen molar-refractivity contribution in [2.45, 2.75) is 0 Å². The lowest BCUT2D eigenvalue weighted by Gasteiger charge is -2.06. The normalized spacial score (nSPS) is 11.2.